The molecule has 0 aliphatic carbocycles. The summed E-state index contributed by atoms with van der Waals surface area (Å²) in [6, 6.07) is 14.5. The molecule has 2 unspecified atom stereocenters. The minimum Gasteiger partial charge on any atom is -0.493 e. The van der Waals surface area contributed by atoms with Gasteiger partial charge in [-0.25, -0.2) is 4.98 Å². The van der Waals surface area contributed by atoms with E-state index in [1.807, 2.05) is 30.3 Å². The molecule has 0 aliphatic rings. The fourth-order valence-corrected chi connectivity index (χ4v) is 4.82. The normalized spacial score (nSPS) is 12.5. The maximum Gasteiger partial charge on any atom is 0.697 e. The average Bonchev–Trinajstić information content (AvgIpc) is 3.28. The number of hydrogen-bond acceptors (Lipinski definition) is 8. The van der Waals surface area contributed by atoms with Crippen LogP contribution in [-0.2, 0) is 13.6 Å². The molecule has 2 heterocycles. The lowest BCUT2D eigenvalue weighted by Gasteiger charge is -2.14. The molecule has 0 amide bonds. The van der Waals surface area contributed by atoms with Gasteiger partial charge in [0.1, 0.15) is 23.7 Å². The lowest BCUT2D eigenvalue weighted by Crippen LogP contribution is -2.18. The van der Waals surface area contributed by atoms with Gasteiger partial charge in [-0.15, -0.1) is 20.4 Å². The second-order valence-corrected chi connectivity index (χ2v) is 9.73. The zero-order chi connectivity index (χ0) is 24.2. The Labute approximate surface area is 205 Å². The van der Waals surface area contributed by atoms with Crippen molar-refractivity contribution in [2.45, 2.75) is 13.0 Å². The van der Waals surface area contributed by atoms with Crippen LogP contribution in [0.15, 0.2) is 59.7 Å². The van der Waals surface area contributed by atoms with E-state index in [1.54, 1.807) is 25.1 Å². The van der Waals surface area contributed by atoms with Crippen molar-refractivity contribution in [1.82, 2.24) is 9.55 Å². The number of hydrogen-bond donors (Lipinski definition) is 0. The Balaban J connectivity index is 1.61. The number of methoxy groups -OCH3 is 1. The third kappa shape index (κ3) is 5.29. The van der Waals surface area contributed by atoms with Gasteiger partial charge in [0, 0.05) is 20.5 Å². The zero-order valence-corrected chi connectivity index (χ0v) is 21.0. The van der Waals surface area contributed by atoms with Crippen LogP contribution in [0.5, 0.6) is 11.5 Å². The Morgan fingerprint density at radius 2 is 1.88 bits per heavy atom. The second-order valence-electron chi connectivity index (χ2n) is 7.22. The molecule has 0 saturated heterocycles. The van der Waals surface area contributed by atoms with Gasteiger partial charge in [0.25, 0.3) is 5.56 Å². The monoisotopic (exact) mass is 519 g/mol. The summed E-state index contributed by atoms with van der Waals surface area (Å²) in [5.41, 5.74) is 1.99. The third-order valence-electron chi connectivity index (χ3n) is 4.88. The van der Waals surface area contributed by atoms with Crippen LogP contribution in [0.1, 0.15) is 6.92 Å². The minimum absolute atomic E-state index is 0.135. The van der Waals surface area contributed by atoms with E-state index in [4.69, 9.17) is 25.6 Å². The van der Waals surface area contributed by atoms with Crippen molar-refractivity contribution < 1.29 is 23.1 Å². The summed E-state index contributed by atoms with van der Waals surface area (Å²) in [6.45, 7) is 1.85. The van der Waals surface area contributed by atoms with Crippen LogP contribution < -0.4 is 15.0 Å². The topological polar surface area (TPSA) is 88.9 Å². The number of thiophene rings is 1. The van der Waals surface area contributed by atoms with Gasteiger partial charge >= 0.3 is 8.25 Å². The van der Waals surface area contributed by atoms with E-state index in [2.05, 4.69) is 9.51 Å². The van der Waals surface area contributed by atoms with Gasteiger partial charge in [-0.3, -0.25) is 9.36 Å². The maximum atomic E-state index is 13.2. The van der Waals surface area contributed by atoms with Crippen molar-refractivity contribution in [1.29, 1.82) is 0 Å². The number of aromatic nitrogens is 2. The van der Waals surface area contributed by atoms with Crippen molar-refractivity contribution in [2.75, 3.05) is 20.8 Å². The van der Waals surface area contributed by atoms with Crippen LogP contribution >= 0.6 is 31.2 Å². The van der Waals surface area contributed by atoms with Gasteiger partial charge in [-0.05, 0) is 42.8 Å². The molecule has 2 aromatic carbocycles. The van der Waals surface area contributed by atoms with Crippen molar-refractivity contribution in [3.63, 3.8) is 0 Å². The number of halogens is 1. The highest BCUT2D eigenvalue weighted by molar-refractivity contribution is 7.33. The second kappa shape index (κ2) is 10.6. The summed E-state index contributed by atoms with van der Waals surface area (Å²) in [6.07, 6.45) is 1.03. The molecule has 2 aromatic heterocycles. The van der Waals surface area contributed by atoms with Crippen molar-refractivity contribution >= 4 is 41.4 Å². The zero-order valence-electron chi connectivity index (χ0n) is 18.6. The standard InChI is InChI=1S/C23H21ClN2O6PS/c1-14(32-33(28)30-3)12-31-19-9-8-17(10-20(19)29-2)26-13-25-18-11-21(34-22(18)23(26)27)15-4-6-16(24)7-5-15/h4-11,13-14H,12H2,1-3H3/q+1. The number of nitrogens with zero attached hydrogens (tertiary/aromatic N) is 2. The van der Waals surface area contributed by atoms with Crippen molar-refractivity contribution in [3.8, 4) is 27.6 Å². The minimum atomic E-state index is -2.19. The van der Waals surface area contributed by atoms with Gasteiger partial charge in [0.2, 0.25) is 0 Å². The molecule has 0 N–H and O–H groups in total. The highest BCUT2D eigenvalue weighted by Crippen LogP contribution is 2.33. The molecular weight excluding hydrogens is 499 g/mol. The summed E-state index contributed by atoms with van der Waals surface area (Å²) < 4.78 is 34.3. The highest BCUT2D eigenvalue weighted by atomic mass is 35.5. The summed E-state index contributed by atoms with van der Waals surface area (Å²) in [4.78, 5) is 18.6. The highest BCUT2D eigenvalue weighted by Gasteiger charge is 2.23. The van der Waals surface area contributed by atoms with Crippen LogP contribution in [0.2, 0.25) is 5.02 Å². The summed E-state index contributed by atoms with van der Waals surface area (Å²) >= 11 is 7.36. The average molecular weight is 520 g/mol. The molecule has 0 radical (unpaired) electrons. The van der Waals surface area contributed by atoms with Gasteiger partial charge < -0.3 is 9.47 Å². The van der Waals surface area contributed by atoms with E-state index in [0.29, 0.717) is 32.4 Å². The Bertz CT molecular complexity index is 1390. The molecule has 11 heteroatoms. The first-order valence-corrected chi connectivity index (χ1v) is 12.4. The van der Waals surface area contributed by atoms with Gasteiger partial charge in [0.05, 0.1) is 25.4 Å². The molecule has 0 bridgehead atoms. The number of rotatable bonds is 9. The van der Waals surface area contributed by atoms with Crippen molar-refractivity contribution in [2.24, 2.45) is 0 Å². The fourth-order valence-electron chi connectivity index (χ4n) is 3.21. The summed E-state index contributed by atoms with van der Waals surface area (Å²) in [5.74, 6) is 0.887. The number of fused-ring (bicyclic) bond motifs is 1. The van der Waals surface area contributed by atoms with Crippen LogP contribution in [0.25, 0.3) is 26.3 Å². The maximum absolute atomic E-state index is 13.2. The van der Waals surface area contributed by atoms with Crippen molar-refractivity contribution in [3.05, 3.63) is 70.2 Å². The number of ether oxygens (including phenoxy) is 2. The Hall–Kier alpha value is -2.81. The smallest absolute Gasteiger partial charge is 0.493 e. The first kappa shape index (κ1) is 24.3. The van der Waals surface area contributed by atoms with E-state index in [-0.39, 0.29) is 12.2 Å². The van der Waals surface area contributed by atoms with E-state index >= 15 is 0 Å². The summed E-state index contributed by atoms with van der Waals surface area (Å²) in [5, 5.41) is 0.652. The molecule has 0 aliphatic heterocycles. The van der Waals surface area contributed by atoms with Crippen LogP contribution in [0, 0.1) is 0 Å². The number of benzene rings is 2. The van der Waals surface area contributed by atoms with Crippen LogP contribution in [0.4, 0.5) is 0 Å². The molecular formula is C23H21ClN2O6PS+. The molecule has 176 valence electrons. The largest absolute Gasteiger partial charge is 0.697 e. The van der Waals surface area contributed by atoms with Crippen LogP contribution in [-0.4, -0.2) is 36.5 Å². The van der Waals surface area contributed by atoms with Gasteiger partial charge in [0.15, 0.2) is 11.5 Å². The first-order chi connectivity index (χ1) is 16.4. The molecule has 8 nitrogen and oxygen atoms in total. The SMILES string of the molecule is COc1cc(-n2cnc3cc(-c4ccc(Cl)cc4)sc3c2=O)ccc1OCC(C)O[P+](=O)OC. The molecule has 0 spiro atoms. The summed E-state index contributed by atoms with van der Waals surface area (Å²) in [7, 11) is 0.623. The Morgan fingerprint density at radius 1 is 1.12 bits per heavy atom. The predicted octanol–water partition coefficient (Wildman–Crippen LogP) is 5.86. The van der Waals surface area contributed by atoms with E-state index in [0.717, 1.165) is 10.4 Å². The molecule has 0 saturated carbocycles. The molecule has 2 atom stereocenters. The van der Waals surface area contributed by atoms with E-state index in [1.165, 1.54) is 36.5 Å². The Morgan fingerprint density at radius 3 is 2.59 bits per heavy atom. The predicted molar refractivity (Wildman–Crippen MR) is 133 cm³/mol. The molecule has 34 heavy (non-hydrogen) atoms. The van der Waals surface area contributed by atoms with Gasteiger partial charge in [-0.1, -0.05) is 23.7 Å². The quantitative estimate of drug-likeness (QED) is 0.256. The molecule has 4 rings (SSSR count). The third-order valence-corrected chi connectivity index (χ3v) is 7.12. The fraction of sp³-hybridized carbons (Fsp3) is 0.217. The first-order valence-electron chi connectivity index (χ1n) is 10.2. The molecule has 4 aromatic rings. The van der Waals surface area contributed by atoms with Gasteiger partial charge in [-0.2, -0.15) is 0 Å². The van der Waals surface area contributed by atoms with E-state index < -0.39 is 14.4 Å². The Kier molecular flexibility index (Phi) is 7.60. The van der Waals surface area contributed by atoms with E-state index in [9.17, 15) is 9.36 Å². The lowest BCUT2D eigenvalue weighted by molar-refractivity contribution is 0.129. The molecule has 0 fully saturated rings. The lowest BCUT2D eigenvalue weighted by atomic mass is 10.2. The van der Waals surface area contributed by atoms with Crippen LogP contribution in [0.3, 0.4) is 0 Å².